The van der Waals surface area contributed by atoms with Gasteiger partial charge in [0.25, 0.3) is 0 Å². The van der Waals surface area contributed by atoms with Gasteiger partial charge in [-0.2, -0.15) is 0 Å². The normalized spacial score (nSPS) is 40.2. The van der Waals surface area contributed by atoms with Gasteiger partial charge in [0.2, 0.25) is 0 Å². The zero-order valence-electron chi connectivity index (χ0n) is 16.4. The predicted molar refractivity (Wildman–Crippen MR) is 99.2 cm³/mol. The van der Waals surface area contributed by atoms with Gasteiger partial charge >= 0.3 is 11.9 Å². The van der Waals surface area contributed by atoms with Crippen LogP contribution in [0.25, 0.3) is 0 Å². The second kappa shape index (κ2) is 6.11. The molecule has 0 bridgehead atoms. The van der Waals surface area contributed by atoms with Gasteiger partial charge < -0.3 is 14.0 Å². The highest BCUT2D eigenvalue weighted by molar-refractivity contribution is 5.77. The van der Waals surface area contributed by atoms with Crippen LogP contribution in [0.15, 0.2) is 6.07 Å². The molecule has 5 heteroatoms. The Labute approximate surface area is 160 Å². The smallest absolute Gasteiger partial charge is 0.309 e. The average Bonchev–Trinajstić information content (AvgIpc) is 3.20. The van der Waals surface area contributed by atoms with Crippen molar-refractivity contribution in [3.63, 3.8) is 0 Å². The number of nitrogens with zero attached hydrogens (tertiary/aromatic N) is 1. The molecule has 2 saturated heterocycles. The third kappa shape index (κ3) is 2.36. The highest BCUT2D eigenvalue weighted by Gasteiger charge is 2.54. The second-order valence-electron chi connectivity index (χ2n) is 9.01. The molecule has 27 heavy (non-hydrogen) atoms. The molecule has 0 N–H and O–H groups in total. The second-order valence-corrected chi connectivity index (χ2v) is 9.01. The van der Waals surface area contributed by atoms with Gasteiger partial charge in [0.1, 0.15) is 12.2 Å². The van der Waals surface area contributed by atoms with Gasteiger partial charge in [0.05, 0.1) is 17.5 Å². The summed E-state index contributed by atoms with van der Waals surface area (Å²) in [4.78, 5) is 24.5. The molecule has 4 aliphatic rings. The first kappa shape index (κ1) is 17.3. The highest BCUT2D eigenvalue weighted by atomic mass is 16.6. The number of carbonyl (C=O) groups excluding carboxylic acids is 2. The molecule has 2 fully saturated rings. The molecule has 1 aliphatic carbocycles. The van der Waals surface area contributed by atoms with Gasteiger partial charge in [-0.1, -0.05) is 27.2 Å². The molecule has 0 unspecified atom stereocenters. The molecule has 0 aromatic carbocycles. The van der Waals surface area contributed by atoms with E-state index in [9.17, 15) is 9.59 Å². The molecule has 0 spiro atoms. The van der Waals surface area contributed by atoms with E-state index in [0.29, 0.717) is 11.8 Å². The van der Waals surface area contributed by atoms with E-state index in [1.165, 1.54) is 17.7 Å². The lowest BCUT2D eigenvalue weighted by Gasteiger charge is -2.39. The SMILES string of the molecule is CC[C@H]1[C@H]2OC(=O)[C@@H](C)[C@H]2c2cc([C@@H]3C[C@H](C)C(=O)O3)n3c2[C@@H]1CCCC3. The molecule has 1 aromatic heterocycles. The van der Waals surface area contributed by atoms with Crippen LogP contribution < -0.4 is 0 Å². The minimum Gasteiger partial charge on any atom is -0.461 e. The van der Waals surface area contributed by atoms with E-state index in [0.717, 1.165) is 37.9 Å². The monoisotopic (exact) mass is 371 g/mol. The van der Waals surface area contributed by atoms with Crippen molar-refractivity contribution in [1.29, 1.82) is 0 Å². The summed E-state index contributed by atoms with van der Waals surface area (Å²) < 4.78 is 14.1. The maximum Gasteiger partial charge on any atom is 0.309 e. The lowest BCUT2D eigenvalue weighted by atomic mass is 9.66. The highest BCUT2D eigenvalue weighted by Crippen LogP contribution is 2.55. The van der Waals surface area contributed by atoms with Crippen molar-refractivity contribution < 1.29 is 19.1 Å². The fraction of sp³-hybridized carbons (Fsp3) is 0.727. The molecule has 7 atom stereocenters. The molecule has 4 heterocycles. The first-order valence-corrected chi connectivity index (χ1v) is 10.7. The molecule has 1 aromatic rings. The Morgan fingerprint density at radius 1 is 1.15 bits per heavy atom. The number of cyclic esters (lactones) is 1. The van der Waals surface area contributed by atoms with E-state index in [1.54, 1.807) is 0 Å². The van der Waals surface area contributed by atoms with E-state index in [4.69, 9.17) is 9.47 Å². The summed E-state index contributed by atoms with van der Waals surface area (Å²) in [6.45, 7) is 7.17. The number of hydrogen-bond donors (Lipinski definition) is 0. The van der Waals surface area contributed by atoms with Crippen LogP contribution in [0, 0.1) is 17.8 Å². The molecule has 0 saturated carbocycles. The first-order chi connectivity index (χ1) is 13.0. The zero-order valence-corrected chi connectivity index (χ0v) is 16.4. The minimum absolute atomic E-state index is 0.00171. The van der Waals surface area contributed by atoms with Gasteiger partial charge in [0, 0.05) is 36.4 Å². The van der Waals surface area contributed by atoms with Crippen molar-refractivity contribution in [2.45, 2.75) is 83.5 Å². The van der Waals surface area contributed by atoms with Crippen molar-refractivity contribution in [2.24, 2.45) is 17.8 Å². The molecular formula is C22H29NO4. The third-order valence-corrected chi connectivity index (χ3v) is 7.54. The minimum atomic E-state index is -0.149. The Bertz CT molecular complexity index is 796. The van der Waals surface area contributed by atoms with Gasteiger partial charge in [-0.15, -0.1) is 0 Å². The Hall–Kier alpha value is -1.78. The van der Waals surface area contributed by atoms with Gasteiger partial charge in [-0.3, -0.25) is 9.59 Å². The number of carbonyl (C=O) groups is 2. The van der Waals surface area contributed by atoms with Crippen LogP contribution >= 0.6 is 0 Å². The summed E-state index contributed by atoms with van der Waals surface area (Å²) in [6, 6.07) is 2.26. The maximum atomic E-state index is 12.4. The van der Waals surface area contributed by atoms with Crippen LogP contribution in [0.3, 0.4) is 0 Å². The number of esters is 2. The predicted octanol–water partition coefficient (Wildman–Crippen LogP) is 4.06. The van der Waals surface area contributed by atoms with Crippen molar-refractivity contribution >= 4 is 11.9 Å². The summed E-state index contributed by atoms with van der Waals surface area (Å²) >= 11 is 0. The summed E-state index contributed by atoms with van der Waals surface area (Å²) in [5.41, 5.74) is 3.85. The van der Waals surface area contributed by atoms with Crippen LogP contribution in [-0.2, 0) is 25.6 Å². The van der Waals surface area contributed by atoms with Crippen molar-refractivity contribution in [3.8, 4) is 0 Å². The quantitative estimate of drug-likeness (QED) is 0.736. The van der Waals surface area contributed by atoms with Crippen LogP contribution in [0.4, 0.5) is 0 Å². The Morgan fingerprint density at radius 3 is 2.67 bits per heavy atom. The zero-order chi connectivity index (χ0) is 18.9. The summed E-state index contributed by atoms with van der Waals surface area (Å²) in [5, 5.41) is 0. The largest absolute Gasteiger partial charge is 0.461 e. The van der Waals surface area contributed by atoms with Crippen LogP contribution in [0.5, 0.6) is 0 Å². The lowest BCUT2D eigenvalue weighted by molar-refractivity contribution is -0.146. The van der Waals surface area contributed by atoms with E-state index in [-0.39, 0.29) is 41.9 Å². The molecular weight excluding hydrogens is 342 g/mol. The number of rotatable bonds is 2. The molecule has 5 rings (SSSR count). The number of fused-ring (bicyclic) bond motifs is 2. The maximum absolute atomic E-state index is 12.4. The van der Waals surface area contributed by atoms with Gasteiger partial charge in [-0.05, 0) is 30.9 Å². The van der Waals surface area contributed by atoms with Gasteiger partial charge in [-0.25, -0.2) is 0 Å². The van der Waals surface area contributed by atoms with E-state index < -0.39 is 0 Å². The van der Waals surface area contributed by atoms with Crippen molar-refractivity contribution in [3.05, 3.63) is 23.0 Å². The van der Waals surface area contributed by atoms with Crippen molar-refractivity contribution in [2.75, 3.05) is 0 Å². The number of aromatic nitrogens is 1. The Morgan fingerprint density at radius 2 is 1.96 bits per heavy atom. The van der Waals surface area contributed by atoms with E-state index >= 15 is 0 Å². The van der Waals surface area contributed by atoms with Crippen LogP contribution in [-0.4, -0.2) is 22.6 Å². The van der Waals surface area contributed by atoms with Crippen molar-refractivity contribution in [1.82, 2.24) is 4.57 Å². The molecule has 3 aliphatic heterocycles. The fourth-order valence-corrected chi connectivity index (χ4v) is 6.19. The molecule has 0 amide bonds. The van der Waals surface area contributed by atoms with Gasteiger partial charge in [0.15, 0.2) is 0 Å². The fourth-order valence-electron chi connectivity index (χ4n) is 6.19. The molecule has 0 radical (unpaired) electrons. The average molecular weight is 371 g/mol. The molecule has 5 nitrogen and oxygen atoms in total. The van der Waals surface area contributed by atoms with E-state index in [1.807, 2.05) is 13.8 Å². The lowest BCUT2D eigenvalue weighted by Crippen LogP contribution is -2.36. The summed E-state index contributed by atoms with van der Waals surface area (Å²) in [5.74, 6) is 0.690. The van der Waals surface area contributed by atoms with Crippen LogP contribution in [0.2, 0.25) is 0 Å². The summed E-state index contributed by atoms with van der Waals surface area (Å²) in [7, 11) is 0. The molecule has 146 valence electrons. The standard InChI is InChI=1S/C22H29NO4/c1-4-13-14-7-5-6-8-23-16(17-9-11(2)21(24)26-17)10-15(19(14)23)18-12(3)22(25)27-20(13)18/h10-14,17-18,20H,4-9H2,1-3H3/t11-,12-,13+,14+,17-,18-,20+/m0/s1. The first-order valence-electron chi connectivity index (χ1n) is 10.7. The van der Waals surface area contributed by atoms with Crippen LogP contribution in [0.1, 0.15) is 87.8 Å². The number of hydrogen-bond acceptors (Lipinski definition) is 4. The Kier molecular flexibility index (Phi) is 3.92. The Balaban J connectivity index is 1.67. The third-order valence-electron chi connectivity index (χ3n) is 7.54. The number of ether oxygens (including phenoxy) is 2. The summed E-state index contributed by atoms with van der Waals surface area (Å²) in [6.07, 6.45) is 5.14. The topological polar surface area (TPSA) is 57.5 Å². The van der Waals surface area contributed by atoms with E-state index in [2.05, 4.69) is 17.6 Å².